The standard InChI is InChI=1S/C17H13BrN2O2/c18-14-7-5-12(6-8-14)17(21)20-11-13-3-1-9-19-16(13)15-4-2-10-22-15/h1-10H,11H2,(H,20,21). The van der Waals surface area contributed by atoms with E-state index in [-0.39, 0.29) is 5.91 Å². The molecule has 3 aromatic rings. The number of aromatic nitrogens is 1. The van der Waals surface area contributed by atoms with Crippen molar-refractivity contribution in [3.63, 3.8) is 0 Å². The SMILES string of the molecule is O=C(NCc1cccnc1-c1ccco1)c1ccc(Br)cc1. The van der Waals surface area contributed by atoms with Crippen molar-refractivity contribution in [1.82, 2.24) is 10.3 Å². The number of amides is 1. The van der Waals surface area contributed by atoms with Crippen LogP contribution in [0.1, 0.15) is 15.9 Å². The molecule has 1 N–H and O–H groups in total. The summed E-state index contributed by atoms with van der Waals surface area (Å²) in [4.78, 5) is 16.5. The van der Waals surface area contributed by atoms with Crippen LogP contribution in [0.3, 0.4) is 0 Å². The molecule has 2 heterocycles. The van der Waals surface area contributed by atoms with E-state index in [0.29, 0.717) is 17.9 Å². The molecule has 1 aromatic carbocycles. The molecule has 0 fully saturated rings. The van der Waals surface area contributed by atoms with Gasteiger partial charge in [-0.1, -0.05) is 22.0 Å². The maximum absolute atomic E-state index is 12.2. The molecule has 0 aliphatic heterocycles. The number of nitrogens with zero attached hydrogens (tertiary/aromatic N) is 1. The highest BCUT2D eigenvalue weighted by atomic mass is 79.9. The van der Waals surface area contributed by atoms with E-state index in [1.165, 1.54) is 0 Å². The van der Waals surface area contributed by atoms with Crippen LogP contribution < -0.4 is 5.32 Å². The molecule has 110 valence electrons. The van der Waals surface area contributed by atoms with E-state index in [1.807, 2.05) is 36.4 Å². The Morgan fingerprint density at radius 1 is 1.14 bits per heavy atom. The maximum atomic E-state index is 12.2. The van der Waals surface area contributed by atoms with Gasteiger partial charge in [0, 0.05) is 28.3 Å². The van der Waals surface area contributed by atoms with Crippen LogP contribution in [0.25, 0.3) is 11.5 Å². The van der Waals surface area contributed by atoms with Crippen LogP contribution in [0.5, 0.6) is 0 Å². The molecule has 3 rings (SSSR count). The Bertz CT molecular complexity index is 768. The smallest absolute Gasteiger partial charge is 0.251 e. The Morgan fingerprint density at radius 3 is 2.68 bits per heavy atom. The van der Waals surface area contributed by atoms with Crippen molar-refractivity contribution in [2.45, 2.75) is 6.54 Å². The number of rotatable bonds is 4. The normalized spacial score (nSPS) is 10.4. The second kappa shape index (κ2) is 6.58. The van der Waals surface area contributed by atoms with Gasteiger partial charge in [0.15, 0.2) is 5.76 Å². The highest BCUT2D eigenvalue weighted by molar-refractivity contribution is 9.10. The molecule has 0 bridgehead atoms. The fraction of sp³-hybridized carbons (Fsp3) is 0.0588. The molecule has 0 aliphatic rings. The van der Waals surface area contributed by atoms with Gasteiger partial charge < -0.3 is 9.73 Å². The number of hydrogen-bond donors (Lipinski definition) is 1. The number of pyridine rings is 1. The Labute approximate surface area is 136 Å². The van der Waals surface area contributed by atoms with Crippen molar-refractivity contribution in [2.24, 2.45) is 0 Å². The molecule has 0 aliphatic carbocycles. The Hall–Kier alpha value is -2.40. The molecule has 0 saturated carbocycles. The van der Waals surface area contributed by atoms with E-state index in [1.54, 1.807) is 24.6 Å². The van der Waals surface area contributed by atoms with Crippen molar-refractivity contribution in [2.75, 3.05) is 0 Å². The van der Waals surface area contributed by atoms with E-state index >= 15 is 0 Å². The highest BCUT2D eigenvalue weighted by Gasteiger charge is 2.10. The molecule has 0 radical (unpaired) electrons. The molecule has 2 aromatic heterocycles. The first-order valence-electron chi connectivity index (χ1n) is 6.75. The third-order valence-electron chi connectivity index (χ3n) is 3.19. The molecule has 0 unspecified atom stereocenters. The van der Waals surface area contributed by atoms with Crippen molar-refractivity contribution in [3.8, 4) is 11.5 Å². The molecule has 5 heteroatoms. The monoisotopic (exact) mass is 356 g/mol. The second-order valence-electron chi connectivity index (χ2n) is 4.68. The van der Waals surface area contributed by atoms with E-state index in [4.69, 9.17) is 4.42 Å². The number of benzene rings is 1. The molecule has 0 saturated heterocycles. The summed E-state index contributed by atoms with van der Waals surface area (Å²) in [5, 5.41) is 2.90. The van der Waals surface area contributed by atoms with Gasteiger partial charge >= 0.3 is 0 Å². The van der Waals surface area contributed by atoms with Crippen LogP contribution in [0.15, 0.2) is 69.9 Å². The van der Waals surface area contributed by atoms with Crippen LogP contribution in [-0.2, 0) is 6.54 Å². The van der Waals surface area contributed by atoms with Crippen molar-refractivity contribution in [1.29, 1.82) is 0 Å². The highest BCUT2D eigenvalue weighted by Crippen LogP contribution is 2.21. The number of carbonyl (C=O) groups is 1. The quantitative estimate of drug-likeness (QED) is 0.767. The number of furan rings is 1. The van der Waals surface area contributed by atoms with Crippen molar-refractivity contribution < 1.29 is 9.21 Å². The first kappa shape index (κ1) is 14.5. The minimum absolute atomic E-state index is 0.123. The fourth-order valence-electron chi connectivity index (χ4n) is 2.10. The summed E-state index contributed by atoms with van der Waals surface area (Å²) in [6.07, 6.45) is 3.31. The molecule has 1 amide bonds. The van der Waals surface area contributed by atoms with Gasteiger partial charge in [-0.25, -0.2) is 0 Å². The van der Waals surface area contributed by atoms with Crippen LogP contribution in [0.4, 0.5) is 0 Å². The molecule has 0 atom stereocenters. The number of carbonyl (C=O) groups excluding carboxylic acids is 1. The predicted molar refractivity (Wildman–Crippen MR) is 87.3 cm³/mol. The molecular weight excluding hydrogens is 344 g/mol. The van der Waals surface area contributed by atoms with Crippen LogP contribution in [0, 0.1) is 0 Å². The van der Waals surface area contributed by atoms with Crippen LogP contribution in [0.2, 0.25) is 0 Å². The van der Waals surface area contributed by atoms with Gasteiger partial charge in [0.25, 0.3) is 5.91 Å². The summed E-state index contributed by atoms with van der Waals surface area (Å²) in [5.74, 6) is 0.565. The van der Waals surface area contributed by atoms with E-state index < -0.39 is 0 Å². The van der Waals surface area contributed by atoms with Crippen LogP contribution >= 0.6 is 15.9 Å². The zero-order valence-corrected chi connectivity index (χ0v) is 13.2. The minimum Gasteiger partial charge on any atom is -0.463 e. The van der Waals surface area contributed by atoms with Crippen LogP contribution in [-0.4, -0.2) is 10.9 Å². The molecule has 0 spiro atoms. The summed E-state index contributed by atoms with van der Waals surface area (Å²) in [7, 11) is 0. The zero-order valence-electron chi connectivity index (χ0n) is 11.6. The molecule has 4 nitrogen and oxygen atoms in total. The first-order chi connectivity index (χ1) is 10.7. The van der Waals surface area contributed by atoms with Crippen molar-refractivity contribution >= 4 is 21.8 Å². The minimum atomic E-state index is -0.123. The first-order valence-corrected chi connectivity index (χ1v) is 7.55. The maximum Gasteiger partial charge on any atom is 0.251 e. The Kier molecular flexibility index (Phi) is 4.34. The fourth-order valence-corrected chi connectivity index (χ4v) is 2.36. The van der Waals surface area contributed by atoms with E-state index in [0.717, 1.165) is 15.7 Å². The number of halogens is 1. The third kappa shape index (κ3) is 3.26. The summed E-state index contributed by atoms with van der Waals surface area (Å²) in [5.41, 5.74) is 2.26. The third-order valence-corrected chi connectivity index (χ3v) is 3.72. The van der Waals surface area contributed by atoms with Gasteiger partial charge in [0.1, 0.15) is 5.69 Å². The average Bonchev–Trinajstić information content (AvgIpc) is 3.08. The van der Waals surface area contributed by atoms with E-state index in [9.17, 15) is 4.79 Å². The Morgan fingerprint density at radius 2 is 1.95 bits per heavy atom. The lowest BCUT2D eigenvalue weighted by Crippen LogP contribution is -2.23. The summed E-state index contributed by atoms with van der Waals surface area (Å²) < 4.78 is 6.33. The lowest BCUT2D eigenvalue weighted by atomic mass is 10.1. The number of nitrogens with one attached hydrogen (secondary N) is 1. The van der Waals surface area contributed by atoms with Gasteiger partial charge in [0.2, 0.25) is 0 Å². The summed E-state index contributed by atoms with van der Waals surface area (Å²) >= 11 is 3.35. The lowest BCUT2D eigenvalue weighted by molar-refractivity contribution is 0.0951. The van der Waals surface area contributed by atoms with Gasteiger partial charge in [-0.2, -0.15) is 0 Å². The average molecular weight is 357 g/mol. The largest absolute Gasteiger partial charge is 0.463 e. The van der Waals surface area contributed by atoms with E-state index in [2.05, 4.69) is 26.2 Å². The molecule has 22 heavy (non-hydrogen) atoms. The zero-order chi connectivity index (χ0) is 15.4. The number of hydrogen-bond acceptors (Lipinski definition) is 3. The van der Waals surface area contributed by atoms with Crippen molar-refractivity contribution in [3.05, 3.63) is 76.6 Å². The van der Waals surface area contributed by atoms with Gasteiger partial charge in [-0.15, -0.1) is 0 Å². The summed E-state index contributed by atoms with van der Waals surface area (Å²) in [6, 6.07) is 14.7. The second-order valence-corrected chi connectivity index (χ2v) is 5.59. The van der Waals surface area contributed by atoms with Gasteiger partial charge in [-0.05, 0) is 42.5 Å². The topological polar surface area (TPSA) is 55.1 Å². The Balaban J connectivity index is 1.74. The van der Waals surface area contributed by atoms with Gasteiger partial charge in [0.05, 0.1) is 6.26 Å². The predicted octanol–water partition coefficient (Wildman–Crippen LogP) is 4.03. The van der Waals surface area contributed by atoms with Gasteiger partial charge in [-0.3, -0.25) is 9.78 Å². The lowest BCUT2D eigenvalue weighted by Gasteiger charge is -2.08. The molecular formula is C17H13BrN2O2. The summed E-state index contributed by atoms with van der Waals surface area (Å²) in [6.45, 7) is 0.388.